The number of aliphatic hydroxyl groups is 1. The lowest BCUT2D eigenvalue weighted by Crippen LogP contribution is -2.39. The summed E-state index contributed by atoms with van der Waals surface area (Å²) in [5.41, 5.74) is 0. The fourth-order valence-electron chi connectivity index (χ4n) is 2.04. The fraction of sp³-hybridized carbons (Fsp3) is 0.545. The van der Waals surface area contributed by atoms with Gasteiger partial charge in [0, 0.05) is 13.6 Å². The number of carboxylic acids is 1. The van der Waals surface area contributed by atoms with Gasteiger partial charge in [-0.1, -0.05) is 0 Å². The normalized spacial score (nSPS) is 23.3. The number of rotatable bonds is 5. The van der Waals surface area contributed by atoms with Gasteiger partial charge in [0.15, 0.2) is 0 Å². The number of carbonyl (C=O) groups is 1. The molecule has 1 aromatic heterocycles. The van der Waals surface area contributed by atoms with Gasteiger partial charge in [-0.2, -0.15) is 4.31 Å². The number of hydrogen-bond acceptors (Lipinski definition) is 5. The van der Waals surface area contributed by atoms with Gasteiger partial charge in [0.25, 0.3) is 10.0 Å². The van der Waals surface area contributed by atoms with Gasteiger partial charge >= 0.3 is 5.97 Å². The van der Waals surface area contributed by atoms with Gasteiger partial charge in [0.2, 0.25) is 0 Å². The summed E-state index contributed by atoms with van der Waals surface area (Å²) in [7, 11) is -2.16. The maximum atomic E-state index is 12.2. The van der Waals surface area contributed by atoms with Gasteiger partial charge in [0.05, 0.1) is 6.10 Å². The van der Waals surface area contributed by atoms with E-state index in [1.54, 1.807) is 0 Å². The van der Waals surface area contributed by atoms with Crippen LogP contribution in [0.1, 0.15) is 22.5 Å². The SMILES string of the molecule is CN(CC1CC(O)C1)S(=O)(=O)c1ccc(C(=O)O)s1. The minimum absolute atomic E-state index is 0.00559. The molecule has 1 aliphatic carbocycles. The molecule has 0 spiro atoms. The minimum Gasteiger partial charge on any atom is -0.477 e. The molecule has 0 bridgehead atoms. The number of aliphatic hydroxyl groups excluding tert-OH is 1. The van der Waals surface area contributed by atoms with Crippen molar-refractivity contribution >= 4 is 27.3 Å². The van der Waals surface area contributed by atoms with Gasteiger partial charge in [-0.05, 0) is 30.9 Å². The van der Waals surface area contributed by atoms with E-state index in [1.807, 2.05) is 0 Å². The average molecular weight is 305 g/mol. The molecular weight excluding hydrogens is 290 g/mol. The highest BCUT2D eigenvalue weighted by molar-refractivity contribution is 7.91. The summed E-state index contributed by atoms with van der Waals surface area (Å²) in [5.74, 6) is -0.954. The van der Waals surface area contributed by atoms with Crippen LogP contribution in [0.2, 0.25) is 0 Å². The first-order valence-electron chi connectivity index (χ1n) is 5.78. The first-order valence-corrected chi connectivity index (χ1v) is 8.04. The smallest absolute Gasteiger partial charge is 0.345 e. The van der Waals surface area contributed by atoms with Crippen molar-refractivity contribution < 1.29 is 23.4 Å². The van der Waals surface area contributed by atoms with Crippen molar-refractivity contribution in [2.75, 3.05) is 13.6 Å². The molecule has 1 aliphatic rings. The summed E-state index contributed by atoms with van der Waals surface area (Å²) < 4.78 is 25.7. The third-order valence-corrected chi connectivity index (χ3v) is 6.55. The molecule has 0 amide bonds. The summed E-state index contributed by atoms with van der Waals surface area (Å²) in [5, 5.41) is 18.0. The van der Waals surface area contributed by atoms with E-state index in [1.165, 1.54) is 23.5 Å². The van der Waals surface area contributed by atoms with Crippen molar-refractivity contribution in [2.45, 2.75) is 23.2 Å². The van der Waals surface area contributed by atoms with Crippen LogP contribution < -0.4 is 0 Å². The average Bonchev–Trinajstić information content (AvgIpc) is 2.76. The summed E-state index contributed by atoms with van der Waals surface area (Å²) in [6.45, 7) is 0.347. The van der Waals surface area contributed by atoms with Crippen LogP contribution >= 0.6 is 11.3 Å². The van der Waals surface area contributed by atoms with Crippen LogP contribution in [-0.2, 0) is 10.0 Å². The van der Waals surface area contributed by atoms with E-state index in [-0.39, 0.29) is 21.1 Å². The zero-order valence-electron chi connectivity index (χ0n) is 10.3. The molecular formula is C11H15NO5S2. The molecule has 2 rings (SSSR count). The van der Waals surface area contributed by atoms with E-state index < -0.39 is 16.0 Å². The van der Waals surface area contributed by atoms with Crippen LogP contribution in [0.25, 0.3) is 0 Å². The predicted molar refractivity (Wildman–Crippen MR) is 69.8 cm³/mol. The summed E-state index contributed by atoms with van der Waals surface area (Å²) in [6, 6.07) is 2.61. The molecule has 0 unspecified atom stereocenters. The maximum absolute atomic E-state index is 12.2. The molecule has 1 heterocycles. The molecule has 2 N–H and O–H groups in total. The quantitative estimate of drug-likeness (QED) is 0.840. The van der Waals surface area contributed by atoms with Gasteiger partial charge in [-0.15, -0.1) is 11.3 Å². The van der Waals surface area contributed by atoms with Crippen LogP contribution in [0.15, 0.2) is 16.3 Å². The second-order valence-electron chi connectivity index (χ2n) is 4.70. The van der Waals surface area contributed by atoms with Crippen molar-refractivity contribution in [1.82, 2.24) is 4.31 Å². The monoisotopic (exact) mass is 305 g/mol. The Hall–Kier alpha value is -0.960. The van der Waals surface area contributed by atoms with E-state index in [9.17, 15) is 18.3 Å². The first kappa shape index (κ1) is 14.4. The number of carboxylic acid groups (broad SMARTS) is 1. The third kappa shape index (κ3) is 2.97. The summed E-state index contributed by atoms with van der Waals surface area (Å²) in [6.07, 6.45) is 0.913. The highest BCUT2D eigenvalue weighted by atomic mass is 32.2. The molecule has 106 valence electrons. The van der Waals surface area contributed by atoms with Crippen LogP contribution in [-0.4, -0.2) is 48.6 Å². The van der Waals surface area contributed by atoms with Crippen molar-refractivity contribution in [3.05, 3.63) is 17.0 Å². The minimum atomic E-state index is -3.63. The predicted octanol–water partition coefficient (Wildman–Crippen LogP) is 0.838. The van der Waals surface area contributed by atoms with Gasteiger partial charge in [0.1, 0.15) is 9.09 Å². The lowest BCUT2D eigenvalue weighted by atomic mass is 9.82. The third-order valence-electron chi connectivity index (χ3n) is 3.18. The van der Waals surface area contributed by atoms with E-state index in [2.05, 4.69) is 0 Å². The number of nitrogens with zero attached hydrogens (tertiary/aromatic N) is 1. The molecule has 19 heavy (non-hydrogen) atoms. The highest BCUT2D eigenvalue weighted by Crippen LogP contribution is 2.30. The number of sulfonamides is 1. The molecule has 0 saturated heterocycles. The molecule has 0 aliphatic heterocycles. The molecule has 1 aromatic rings. The van der Waals surface area contributed by atoms with E-state index >= 15 is 0 Å². The maximum Gasteiger partial charge on any atom is 0.345 e. The second kappa shape index (κ2) is 5.20. The largest absolute Gasteiger partial charge is 0.477 e. The summed E-state index contributed by atoms with van der Waals surface area (Å²) >= 11 is 0.751. The van der Waals surface area contributed by atoms with Gasteiger partial charge in [-0.3, -0.25) is 0 Å². The van der Waals surface area contributed by atoms with Crippen molar-refractivity contribution in [3.63, 3.8) is 0 Å². The van der Waals surface area contributed by atoms with Crippen molar-refractivity contribution in [1.29, 1.82) is 0 Å². The number of hydrogen-bond donors (Lipinski definition) is 2. The fourth-order valence-corrected chi connectivity index (χ4v) is 4.64. The lowest BCUT2D eigenvalue weighted by Gasteiger charge is -2.33. The number of aromatic carboxylic acids is 1. The van der Waals surface area contributed by atoms with Gasteiger partial charge < -0.3 is 10.2 Å². The van der Waals surface area contributed by atoms with Gasteiger partial charge in [-0.25, -0.2) is 13.2 Å². The Labute approximate surface area is 115 Å². The lowest BCUT2D eigenvalue weighted by molar-refractivity contribution is 0.0367. The van der Waals surface area contributed by atoms with Crippen LogP contribution in [0.4, 0.5) is 0 Å². The second-order valence-corrected chi connectivity index (χ2v) is 8.06. The first-order chi connectivity index (χ1) is 8.80. The van der Waals surface area contributed by atoms with Crippen LogP contribution in [0, 0.1) is 5.92 Å². The highest BCUT2D eigenvalue weighted by Gasteiger charge is 2.32. The summed E-state index contributed by atoms with van der Waals surface area (Å²) in [4.78, 5) is 10.8. The number of thiophene rings is 1. The van der Waals surface area contributed by atoms with E-state index in [0.717, 1.165) is 11.3 Å². The Kier molecular flexibility index (Phi) is 3.95. The van der Waals surface area contributed by atoms with E-state index in [4.69, 9.17) is 5.11 Å². The topological polar surface area (TPSA) is 94.9 Å². The molecule has 1 saturated carbocycles. The molecule has 8 heteroatoms. The Morgan fingerprint density at radius 3 is 2.58 bits per heavy atom. The van der Waals surface area contributed by atoms with Crippen molar-refractivity contribution in [2.24, 2.45) is 5.92 Å². The van der Waals surface area contributed by atoms with E-state index in [0.29, 0.717) is 19.4 Å². The Morgan fingerprint density at radius 2 is 2.11 bits per heavy atom. The Bertz CT molecular complexity index is 574. The molecule has 0 atom stereocenters. The van der Waals surface area contributed by atoms with Crippen LogP contribution in [0.5, 0.6) is 0 Å². The standard InChI is InChI=1S/C11H15NO5S2/c1-12(6-7-4-8(13)5-7)19(16,17)10-3-2-9(18-10)11(14)15/h2-3,7-8,13H,4-6H2,1H3,(H,14,15). The zero-order chi connectivity index (χ0) is 14.2. The Morgan fingerprint density at radius 1 is 1.47 bits per heavy atom. The zero-order valence-corrected chi connectivity index (χ0v) is 11.9. The molecule has 0 radical (unpaired) electrons. The van der Waals surface area contributed by atoms with Crippen LogP contribution in [0.3, 0.4) is 0 Å². The molecule has 0 aromatic carbocycles. The molecule has 1 fully saturated rings. The van der Waals surface area contributed by atoms with Crippen molar-refractivity contribution in [3.8, 4) is 0 Å². The molecule has 6 nitrogen and oxygen atoms in total. The Balaban J connectivity index is 2.09.